The monoisotopic (exact) mass is 357 g/mol. The van der Waals surface area contributed by atoms with Gasteiger partial charge in [0.05, 0.1) is 16.8 Å². The van der Waals surface area contributed by atoms with E-state index in [9.17, 15) is 0 Å². The van der Waals surface area contributed by atoms with Crippen LogP contribution in [0.5, 0.6) is 0 Å². The van der Waals surface area contributed by atoms with E-state index in [1.54, 1.807) is 0 Å². The molecule has 3 aliphatic rings. The number of nitrogens with one attached hydrogen (secondary N) is 1. The fourth-order valence-corrected chi connectivity index (χ4v) is 4.78. The first-order valence-corrected chi connectivity index (χ1v) is 9.88. The van der Waals surface area contributed by atoms with Gasteiger partial charge in [-0.05, 0) is 36.3 Å². The van der Waals surface area contributed by atoms with E-state index in [4.69, 9.17) is 16.3 Å². The highest BCUT2D eigenvalue weighted by molar-refractivity contribution is 6.33. The molecule has 0 bridgehead atoms. The van der Waals surface area contributed by atoms with E-state index in [1.165, 1.54) is 17.5 Å². The van der Waals surface area contributed by atoms with E-state index in [2.05, 4.69) is 62.5 Å². The molecule has 0 saturated carbocycles. The molecule has 3 heteroatoms. The highest BCUT2D eigenvalue weighted by Gasteiger charge is 2.42. The van der Waals surface area contributed by atoms with Crippen LogP contribution in [0.3, 0.4) is 0 Å². The third-order valence-corrected chi connectivity index (χ3v) is 6.21. The molecule has 1 saturated heterocycles. The number of fused-ring (bicyclic) bond motifs is 3. The highest BCUT2D eigenvalue weighted by atomic mass is 35.5. The van der Waals surface area contributed by atoms with Crippen molar-refractivity contribution in [2.45, 2.75) is 57.6 Å². The second-order valence-corrected chi connectivity index (χ2v) is 9.06. The predicted octanol–water partition coefficient (Wildman–Crippen LogP) is 6.03. The van der Waals surface area contributed by atoms with Gasteiger partial charge >= 0.3 is 0 Å². The van der Waals surface area contributed by atoms with Crippen molar-refractivity contribution in [3.63, 3.8) is 0 Å². The highest BCUT2D eigenvalue weighted by Crippen LogP contribution is 2.49. The quantitative estimate of drug-likeness (QED) is 0.662. The van der Waals surface area contributed by atoms with Gasteiger partial charge in [0.2, 0.25) is 0 Å². The summed E-state index contributed by atoms with van der Waals surface area (Å²) in [6, 6.07) is 4.84. The molecular formula is C22H28ClNO. The second-order valence-electron chi connectivity index (χ2n) is 8.65. The molecule has 1 aromatic rings. The minimum atomic E-state index is 0.0799. The summed E-state index contributed by atoms with van der Waals surface area (Å²) in [6.45, 7) is 7.57. The second kappa shape index (κ2) is 6.48. The number of allylic oxidation sites excluding steroid dienone is 3. The minimum absolute atomic E-state index is 0.0799. The lowest BCUT2D eigenvalue weighted by molar-refractivity contribution is -0.0418. The summed E-state index contributed by atoms with van der Waals surface area (Å²) in [5, 5.41) is 4.64. The molecule has 1 fully saturated rings. The number of benzene rings is 1. The van der Waals surface area contributed by atoms with Crippen LogP contribution in [0.2, 0.25) is 5.02 Å². The fraction of sp³-hybridized carbons (Fsp3) is 0.545. The zero-order valence-corrected chi connectivity index (χ0v) is 16.1. The van der Waals surface area contributed by atoms with Crippen molar-refractivity contribution < 1.29 is 4.74 Å². The molecule has 1 aliphatic carbocycles. The van der Waals surface area contributed by atoms with Crippen molar-refractivity contribution in [3.8, 4) is 0 Å². The first-order chi connectivity index (χ1) is 11.9. The lowest BCUT2D eigenvalue weighted by Gasteiger charge is -2.46. The molecular weight excluding hydrogens is 330 g/mol. The van der Waals surface area contributed by atoms with Gasteiger partial charge in [0.1, 0.15) is 0 Å². The summed E-state index contributed by atoms with van der Waals surface area (Å²) >= 11 is 6.74. The third kappa shape index (κ3) is 3.15. The lowest BCUT2D eigenvalue weighted by Crippen LogP contribution is -2.45. The standard InChI is InChI=1S/C22H28ClNO/c1-22(2,3)15-12-17-20(18(23)13-15)24-19(14-8-5-4-6-9-14)16-10-7-11-25-21(16)17/h4-6,8,12-14,16,19,21,24H,7,9-11H2,1-3H3/t14?,16-,19-,21-/m0/s1. The Morgan fingerprint density at radius 1 is 1.20 bits per heavy atom. The topological polar surface area (TPSA) is 21.3 Å². The Morgan fingerprint density at radius 2 is 2.04 bits per heavy atom. The Labute approximate surface area is 156 Å². The molecule has 0 spiro atoms. The maximum absolute atomic E-state index is 6.74. The molecule has 2 nitrogen and oxygen atoms in total. The Balaban J connectivity index is 1.77. The molecule has 1 aromatic carbocycles. The van der Waals surface area contributed by atoms with Crippen LogP contribution in [0.1, 0.15) is 57.3 Å². The lowest BCUT2D eigenvalue weighted by atomic mass is 9.73. The van der Waals surface area contributed by atoms with Crippen molar-refractivity contribution in [1.82, 2.24) is 0 Å². The molecule has 4 rings (SSSR count). The molecule has 134 valence electrons. The van der Waals surface area contributed by atoms with Crippen LogP contribution in [-0.2, 0) is 10.2 Å². The van der Waals surface area contributed by atoms with E-state index in [-0.39, 0.29) is 11.5 Å². The Kier molecular flexibility index (Phi) is 4.45. The SMILES string of the molecule is CC(C)(C)c1cc(Cl)c2c(c1)[C@H]1OCCC[C@H]1[C@H](C1C=CC=CC1)N2. The molecule has 0 amide bonds. The smallest absolute Gasteiger partial charge is 0.0893 e. The summed E-state index contributed by atoms with van der Waals surface area (Å²) in [6.07, 6.45) is 12.5. The molecule has 4 atom stereocenters. The summed E-state index contributed by atoms with van der Waals surface area (Å²) in [7, 11) is 0. The van der Waals surface area contributed by atoms with Crippen LogP contribution < -0.4 is 5.32 Å². The zero-order chi connectivity index (χ0) is 17.6. The molecule has 1 N–H and O–H groups in total. The Hall–Kier alpha value is -1.25. The van der Waals surface area contributed by atoms with Gasteiger partial charge in [-0.1, -0.05) is 62.7 Å². The van der Waals surface area contributed by atoms with Crippen LogP contribution in [0.15, 0.2) is 36.4 Å². The molecule has 25 heavy (non-hydrogen) atoms. The Bertz CT molecular complexity index is 715. The number of rotatable bonds is 1. The molecule has 0 radical (unpaired) electrons. The summed E-state index contributed by atoms with van der Waals surface area (Å²) < 4.78 is 6.31. The van der Waals surface area contributed by atoms with Crippen molar-refractivity contribution >= 4 is 17.3 Å². The van der Waals surface area contributed by atoms with Crippen LogP contribution in [0.25, 0.3) is 0 Å². The van der Waals surface area contributed by atoms with E-state index < -0.39 is 0 Å². The van der Waals surface area contributed by atoms with Crippen molar-refractivity contribution in [3.05, 3.63) is 52.6 Å². The van der Waals surface area contributed by atoms with E-state index in [1.807, 2.05) is 0 Å². The molecule has 0 aromatic heterocycles. The summed E-state index contributed by atoms with van der Waals surface area (Å²) in [4.78, 5) is 0. The van der Waals surface area contributed by atoms with Crippen molar-refractivity contribution in [2.75, 3.05) is 11.9 Å². The molecule has 2 heterocycles. The van der Waals surface area contributed by atoms with Crippen molar-refractivity contribution in [1.29, 1.82) is 0 Å². The minimum Gasteiger partial charge on any atom is -0.380 e. The van der Waals surface area contributed by atoms with Gasteiger partial charge in [-0.15, -0.1) is 0 Å². The van der Waals surface area contributed by atoms with E-state index >= 15 is 0 Å². The fourth-order valence-electron chi connectivity index (χ4n) is 4.49. The average Bonchev–Trinajstić information content (AvgIpc) is 2.61. The van der Waals surface area contributed by atoms with Gasteiger partial charge in [-0.2, -0.15) is 0 Å². The molecule has 2 aliphatic heterocycles. The number of anilines is 1. The van der Waals surface area contributed by atoms with Gasteiger partial charge in [-0.25, -0.2) is 0 Å². The summed E-state index contributed by atoms with van der Waals surface area (Å²) in [5.74, 6) is 1.01. The third-order valence-electron chi connectivity index (χ3n) is 5.91. The van der Waals surface area contributed by atoms with Gasteiger partial charge in [0.15, 0.2) is 0 Å². The average molecular weight is 358 g/mol. The van der Waals surface area contributed by atoms with E-state index in [0.717, 1.165) is 30.2 Å². The van der Waals surface area contributed by atoms with Crippen LogP contribution in [0.4, 0.5) is 5.69 Å². The number of ether oxygens (including phenoxy) is 1. The van der Waals surface area contributed by atoms with Gasteiger partial charge < -0.3 is 10.1 Å². The van der Waals surface area contributed by atoms with Crippen LogP contribution in [0, 0.1) is 11.8 Å². The summed E-state index contributed by atoms with van der Waals surface area (Å²) in [5.41, 5.74) is 3.71. The first-order valence-electron chi connectivity index (χ1n) is 9.50. The van der Waals surface area contributed by atoms with Crippen LogP contribution in [-0.4, -0.2) is 12.6 Å². The maximum atomic E-state index is 6.74. The van der Waals surface area contributed by atoms with E-state index in [0.29, 0.717) is 17.9 Å². The largest absolute Gasteiger partial charge is 0.380 e. The van der Waals surface area contributed by atoms with Gasteiger partial charge in [-0.3, -0.25) is 0 Å². The Morgan fingerprint density at radius 3 is 2.76 bits per heavy atom. The van der Waals surface area contributed by atoms with Crippen LogP contribution >= 0.6 is 11.6 Å². The number of halogens is 1. The predicted molar refractivity (Wildman–Crippen MR) is 105 cm³/mol. The first kappa shape index (κ1) is 17.2. The van der Waals surface area contributed by atoms with Gasteiger partial charge in [0, 0.05) is 30.0 Å². The zero-order valence-electron chi connectivity index (χ0n) is 15.4. The normalized spacial score (nSPS) is 31.2. The number of hydrogen-bond acceptors (Lipinski definition) is 2. The number of hydrogen-bond donors (Lipinski definition) is 1. The van der Waals surface area contributed by atoms with Crippen molar-refractivity contribution in [2.24, 2.45) is 11.8 Å². The van der Waals surface area contributed by atoms with Gasteiger partial charge in [0.25, 0.3) is 0 Å². The maximum Gasteiger partial charge on any atom is 0.0893 e. The molecule has 1 unspecified atom stereocenters.